The minimum atomic E-state index is 0.388. The van der Waals surface area contributed by atoms with E-state index in [1.165, 1.54) is 0 Å². The summed E-state index contributed by atoms with van der Waals surface area (Å²) >= 11 is 5.12. The molecule has 0 aliphatic carbocycles. The third-order valence-electron chi connectivity index (χ3n) is 1.95. The van der Waals surface area contributed by atoms with Crippen LogP contribution in [-0.4, -0.2) is 20.9 Å². The van der Waals surface area contributed by atoms with Crippen LogP contribution < -0.4 is 10.6 Å². The monoisotopic (exact) mass is 212 g/mol. The van der Waals surface area contributed by atoms with E-state index < -0.39 is 0 Å². The van der Waals surface area contributed by atoms with Gasteiger partial charge < -0.3 is 10.6 Å². The van der Waals surface area contributed by atoms with Gasteiger partial charge in [-0.3, -0.25) is 4.68 Å². The molecule has 0 saturated heterocycles. The first-order chi connectivity index (χ1) is 6.61. The maximum atomic E-state index is 5.12. The molecule has 1 rings (SSSR count). The normalized spacial score (nSPS) is 12.2. The molecule has 0 radical (unpaired) electrons. The van der Waals surface area contributed by atoms with E-state index in [1.807, 2.05) is 19.3 Å². The predicted molar refractivity (Wildman–Crippen MR) is 62.3 cm³/mol. The molecule has 14 heavy (non-hydrogen) atoms. The summed E-state index contributed by atoms with van der Waals surface area (Å²) in [5, 5.41) is 11.0. The van der Waals surface area contributed by atoms with Crippen LogP contribution in [0.3, 0.4) is 0 Å². The topological polar surface area (TPSA) is 41.9 Å². The van der Waals surface area contributed by atoms with Crippen LogP contribution in [0.4, 0.5) is 5.82 Å². The van der Waals surface area contributed by atoms with Crippen LogP contribution in [0.2, 0.25) is 0 Å². The minimum Gasteiger partial charge on any atom is -0.360 e. The quantitative estimate of drug-likeness (QED) is 0.745. The molecule has 0 aromatic carbocycles. The molecule has 1 unspecified atom stereocenters. The number of thiocarbonyl (C=S) groups is 1. The molecule has 0 fully saturated rings. The zero-order chi connectivity index (χ0) is 10.6. The molecule has 0 saturated carbocycles. The fraction of sp³-hybridized carbons (Fsp3) is 0.556. The van der Waals surface area contributed by atoms with Crippen molar-refractivity contribution >= 4 is 23.1 Å². The van der Waals surface area contributed by atoms with E-state index in [4.69, 9.17) is 12.2 Å². The number of aryl methyl sites for hydroxylation is 1. The van der Waals surface area contributed by atoms with Gasteiger partial charge in [-0.05, 0) is 25.6 Å². The number of anilines is 1. The molecular weight excluding hydrogens is 196 g/mol. The Kier molecular flexibility index (Phi) is 3.88. The molecular formula is C9H16N4S. The lowest BCUT2D eigenvalue weighted by Gasteiger charge is -2.13. The first-order valence-electron chi connectivity index (χ1n) is 4.69. The molecule has 1 heterocycles. The Labute approximate surface area is 89.7 Å². The van der Waals surface area contributed by atoms with E-state index in [2.05, 4.69) is 29.6 Å². The van der Waals surface area contributed by atoms with Crippen molar-refractivity contribution in [3.8, 4) is 0 Å². The molecule has 1 aromatic rings. The molecule has 78 valence electrons. The lowest BCUT2D eigenvalue weighted by molar-refractivity contribution is 0.645. The Hall–Kier alpha value is -1.10. The van der Waals surface area contributed by atoms with Gasteiger partial charge in [-0.15, -0.1) is 0 Å². The predicted octanol–water partition coefficient (Wildman–Crippen LogP) is 1.50. The first kappa shape index (κ1) is 11.0. The van der Waals surface area contributed by atoms with E-state index in [0.29, 0.717) is 11.2 Å². The molecule has 1 atom stereocenters. The van der Waals surface area contributed by atoms with Crippen LogP contribution in [-0.2, 0) is 7.05 Å². The summed E-state index contributed by atoms with van der Waals surface area (Å²) in [7, 11) is 1.87. The average Bonchev–Trinajstić information content (AvgIpc) is 2.50. The highest BCUT2D eigenvalue weighted by atomic mass is 32.1. The number of nitrogens with one attached hydrogen (secondary N) is 2. The standard InChI is InChI=1S/C9H16N4S/c1-4-7(2)10-9(14)11-8-5-6-13(3)12-8/h5-7H,4H2,1-3H3,(H2,10,11,12,14). The first-order valence-corrected chi connectivity index (χ1v) is 5.09. The summed E-state index contributed by atoms with van der Waals surface area (Å²) in [4.78, 5) is 0. The summed E-state index contributed by atoms with van der Waals surface area (Å²) in [6, 6.07) is 2.27. The van der Waals surface area contributed by atoms with Crippen molar-refractivity contribution in [1.29, 1.82) is 0 Å². The highest BCUT2D eigenvalue weighted by Crippen LogP contribution is 2.00. The Bertz CT molecular complexity index is 308. The van der Waals surface area contributed by atoms with E-state index >= 15 is 0 Å². The second-order valence-electron chi connectivity index (χ2n) is 3.28. The van der Waals surface area contributed by atoms with Gasteiger partial charge in [0.25, 0.3) is 0 Å². The van der Waals surface area contributed by atoms with Crippen molar-refractivity contribution in [3.05, 3.63) is 12.3 Å². The van der Waals surface area contributed by atoms with Gasteiger partial charge in [-0.25, -0.2) is 0 Å². The molecule has 0 aliphatic heterocycles. The van der Waals surface area contributed by atoms with Crippen LogP contribution in [0, 0.1) is 0 Å². The lowest BCUT2D eigenvalue weighted by atomic mass is 10.3. The Morgan fingerprint density at radius 1 is 1.71 bits per heavy atom. The number of aromatic nitrogens is 2. The molecule has 4 nitrogen and oxygen atoms in total. The van der Waals surface area contributed by atoms with Crippen molar-refractivity contribution in [2.75, 3.05) is 5.32 Å². The summed E-state index contributed by atoms with van der Waals surface area (Å²) < 4.78 is 1.73. The molecule has 0 bridgehead atoms. The van der Waals surface area contributed by atoms with Crippen LogP contribution in [0.5, 0.6) is 0 Å². The smallest absolute Gasteiger partial charge is 0.172 e. The van der Waals surface area contributed by atoms with Crippen molar-refractivity contribution in [2.24, 2.45) is 7.05 Å². The van der Waals surface area contributed by atoms with Gasteiger partial charge in [0.15, 0.2) is 10.9 Å². The SMILES string of the molecule is CCC(C)NC(=S)Nc1ccn(C)n1. The molecule has 0 spiro atoms. The van der Waals surface area contributed by atoms with Gasteiger partial charge in [-0.2, -0.15) is 5.10 Å². The third kappa shape index (κ3) is 3.33. The Balaban J connectivity index is 2.41. The van der Waals surface area contributed by atoms with Gasteiger partial charge in [0.05, 0.1) is 0 Å². The molecule has 0 amide bonds. The maximum absolute atomic E-state index is 5.12. The van der Waals surface area contributed by atoms with Gasteiger partial charge in [0.2, 0.25) is 0 Å². The van der Waals surface area contributed by atoms with Gasteiger partial charge in [0.1, 0.15) is 0 Å². The fourth-order valence-corrected chi connectivity index (χ4v) is 1.27. The zero-order valence-electron chi connectivity index (χ0n) is 8.74. The Morgan fingerprint density at radius 2 is 2.43 bits per heavy atom. The van der Waals surface area contributed by atoms with E-state index in [9.17, 15) is 0 Å². The van der Waals surface area contributed by atoms with Crippen LogP contribution in [0.1, 0.15) is 20.3 Å². The van der Waals surface area contributed by atoms with E-state index in [-0.39, 0.29) is 0 Å². The van der Waals surface area contributed by atoms with Crippen LogP contribution in [0.15, 0.2) is 12.3 Å². The maximum Gasteiger partial charge on any atom is 0.172 e. The minimum absolute atomic E-state index is 0.388. The van der Waals surface area contributed by atoms with E-state index in [0.717, 1.165) is 12.2 Å². The zero-order valence-corrected chi connectivity index (χ0v) is 9.56. The molecule has 0 aliphatic rings. The fourth-order valence-electron chi connectivity index (χ4n) is 0.960. The number of hydrogen-bond donors (Lipinski definition) is 2. The highest BCUT2D eigenvalue weighted by molar-refractivity contribution is 7.80. The van der Waals surface area contributed by atoms with Crippen molar-refractivity contribution in [2.45, 2.75) is 26.3 Å². The van der Waals surface area contributed by atoms with Gasteiger partial charge in [-0.1, -0.05) is 6.92 Å². The number of rotatable bonds is 3. The summed E-state index contributed by atoms with van der Waals surface area (Å²) in [6.45, 7) is 4.20. The third-order valence-corrected chi connectivity index (χ3v) is 2.16. The van der Waals surface area contributed by atoms with Gasteiger partial charge >= 0.3 is 0 Å². The van der Waals surface area contributed by atoms with Crippen LogP contribution in [0.25, 0.3) is 0 Å². The molecule has 1 aromatic heterocycles. The second-order valence-corrected chi connectivity index (χ2v) is 3.69. The lowest BCUT2D eigenvalue weighted by Crippen LogP contribution is -2.35. The molecule has 5 heteroatoms. The summed E-state index contributed by atoms with van der Waals surface area (Å²) in [6.07, 6.45) is 2.91. The number of nitrogens with zero attached hydrogens (tertiary/aromatic N) is 2. The summed E-state index contributed by atoms with van der Waals surface area (Å²) in [5.74, 6) is 0.772. The van der Waals surface area contributed by atoms with E-state index in [1.54, 1.807) is 4.68 Å². The largest absolute Gasteiger partial charge is 0.360 e. The molecule has 2 N–H and O–H groups in total. The van der Waals surface area contributed by atoms with Crippen molar-refractivity contribution in [3.63, 3.8) is 0 Å². The number of hydrogen-bond acceptors (Lipinski definition) is 2. The van der Waals surface area contributed by atoms with Crippen molar-refractivity contribution in [1.82, 2.24) is 15.1 Å². The average molecular weight is 212 g/mol. The van der Waals surface area contributed by atoms with Crippen LogP contribution >= 0.6 is 12.2 Å². The Morgan fingerprint density at radius 3 is 2.93 bits per heavy atom. The van der Waals surface area contributed by atoms with Gasteiger partial charge in [0, 0.05) is 25.4 Å². The second kappa shape index (κ2) is 4.95. The highest BCUT2D eigenvalue weighted by Gasteiger charge is 2.02. The summed E-state index contributed by atoms with van der Waals surface area (Å²) in [5.41, 5.74) is 0. The van der Waals surface area contributed by atoms with Crippen molar-refractivity contribution < 1.29 is 0 Å².